The van der Waals surface area contributed by atoms with Gasteiger partial charge in [-0.1, -0.05) is 24.3 Å². The number of hydrogen-bond acceptors (Lipinski definition) is 3. The van der Waals surface area contributed by atoms with Crippen LogP contribution in [0.1, 0.15) is 34.9 Å². The highest BCUT2D eigenvalue weighted by Gasteiger charge is 2.41. The fourth-order valence-corrected chi connectivity index (χ4v) is 4.49. The molecule has 1 N–H and O–H groups in total. The molecule has 0 amide bonds. The Balaban J connectivity index is 1.64. The van der Waals surface area contributed by atoms with Gasteiger partial charge in [0.25, 0.3) is 0 Å². The van der Waals surface area contributed by atoms with Crippen molar-refractivity contribution in [2.45, 2.75) is 25.6 Å². The number of aromatic nitrogens is 2. The number of benzene rings is 1. The predicted molar refractivity (Wildman–Crippen MR) is 120 cm³/mol. The number of hydrogen-bond donors (Lipinski definition) is 1. The molecule has 1 saturated heterocycles. The number of rotatable bonds is 5. The van der Waals surface area contributed by atoms with E-state index in [1.807, 2.05) is 42.6 Å². The molecular formula is C24H22N4OS. The number of nitrogens with zero attached hydrogens (tertiary/aromatic N) is 3. The molecule has 6 heteroatoms. The lowest BCUT2D eigenvalue weighted by atomic mass is 10.0. The fourth-order valence-electron chi connectivity index (χ4n) is 4.19. The van der Waals surface area contributed by atoms with Gasteiger partial charge >= 0.3 is 0 Å². The van der Waals surface area contributed by atoms with Gasteiger partial charge in [0.1, 0.15) is 5.76 Å². The second-order valence-corrected chi connectivity index (χ2v) is 7.79. The van der Waals surface area contributed by atoms with E-state index in [0.29, 0.717) is 11.7 Å². The van der Waals surface area contributed by atoms with Crippen molar-refractivity contribution in [3.05, 3.63) is 108 Å². The minimum absolute atomic E-state index is 0.0357. The average molecular weight is 415 g/mol. The van der Waals surface area contributed by atoms with E-state index in [-0.39, 0.29) is 12.1 Å². The van der Waals surface area contributed by atoms with E-state index in [1.54, 1.807) is 6.26 Å². The van der Waals surface area contributed by atoms with Crippen molar-refractivity contribution in [3.8, 4) is 5.69 Å². The summed E-state index contributed by atoms with van der Waals surface area (Å²) in [6.07, 6.45) is 3.53. The Labute approximate surface area is 181 Å². The fraction of sp³-hybridized carbons (Fsp3) is 0.167. The normalized spacial score (nSPS) is 18.6. The van der Waals surface area contributed by atoms with Crippen molar-refractivity contribution in [2.75, 3.05) is 0 Å². The second-order valence-electron chi connectivity index (χ2n) is 7.40. The predicted octanol–water partition coefficient (Wildman–Crippen LogP) is 4.95. The molecule has 3 aromatic heterocycles. The number of furan rings is 1. The quantitative estimate of drug-likeness (QED) is 0.469. The van der Waals surface area contributed by atoms with Crippen molar-refractivity contribution in [1.82, 2.24) is 19.8 Å². The van der Waals surface area contributed by atoms with Gasteiger partial charge in [-0.25, -0.2) is 0 Å². The van der Waals surface area contributed by atoms with Crippen molar-refractivity contribution >= 4 is 17.3 Å². The summed E-state index contributed by atoms with van der Waals surface area (Å²) in [6.45, 7) is 2.72. The van der Waals surface area contributed by atoms with Gasteiger partial charge in [0, 0.05) is 23.3 Å². The molecule has 1 aliphatic heterocycles. The van der Waals surface area contributed by atoms with Gasteiger partial charge < -0.3 is 19.2 Å². The topological polar surface area (TPSA) is 46.2 Å². The molecule has 0 aliphatic carbocycles. The first-order chi connectivity index (χ1) is 14.7. The van der Waals surface area contributed by atoms with E-state index in [0.717, 1.165) is 22.8 Å². The smallest absolute Gasteiger partial charge is 0.170 e. The van der Waals surface area contributed by atoms with E-state index >= 15 is 0 Å². The zero-order valence-electron chi connectivity index (χ0n) is 16.6. The third-order valence-electron chi connectivity index (χ3n) is 5.53. The second kappa shape index (κ2) is 7.80. The first-order valence-corrected chi connectivity index (χ1v) is 10.4. The van der Waals surface area contributed by atoms with Crippen molar-refractivity contribution < 1.29 is 4.42 Å². The van der Waals surface area contributed by atoms with Gasteiger partial charge in [0.15, 0.2) is 5.11 Å². The molecule has 2 atom stereocenters. The molecule has 1 aliphatic rings. The number of nitrogens with one attached hydrogen (secondary N) is 1. The molecule has 4 heterocycles. The molecule has 1 fully saturated rings. The van der Waals surface area contributed by atoms with Crippen LogP contribution in [0.25, 0.3) is 5.69 Å². The molecule has 30 heavy (non-hydrogen) atoms. The number of aryl methyl sites for hydroxylation is 1. The van der Waals surface area contributed by atoms with Crippen LogP contribution in [0.15, 0.2) is 89.7 Å². The zero-order valence-corrected chi connectivity index (χ0v) is 17.4. The molecular weight excluding hydrogens is 392 g/mol. The summed E-state index contributed by atoms with van der Waals surface area (Å²) in [5, 5.41) is 4.21. The Morgan fingerprint density at radius 2 is 1.83 bits per heavy atom. The summed E-state index contributed by atoms with van der Waals surface area (Å²) >= 11 is 5.77. The van der Waals surface area contributed by atoms with Gasteiger partial charge in [-0.15, -0.1) is 0 Å². The maximum absolute atomic E-state index is 5.77. The van der Waals surface area contributed by atoms with Crippen LogP contribution in [0.4, 0.5) is 0 Å². The molecule has 5 nitrogen and oxygen atoms in total. The summed E-state index contributed by atoms with van der Waals surface area (Å²) in [5.74, 6) is 0.875. The van der Waals surface area contributed by atoms with Crippen LogP contribution in [-0.2, 0) is 6.54 Å². The molecule has 0 unspecified atom stereocenters. The van der Waals surface area contributed by atoms with Crippen LogP contribution in [0, 0.1) is 6.92 Å². The molecule has 5 rings (SSSR count). The summed E-state index contributed by atoms with van der Waals surface area (Å²) in [6, 6.07) is 24.5. The Hall–Kier alpha value is -3.38. The summed E-state index contributed by atoms with van der Waals surface area (Å²) < 4.78 is 7.93. The van der Waals surface area contributed by atoms with Crippen molar-refractivity contribution in [2.24, 2.45) is 0 Å². The van der Waals surface area contributed by atoms with Gasteiger partial charge in [-0.3, -0.25) is 4.98 Å². The molecule has 1 aromatic carbocycles. The van der Waals surface area contributed by atoms with Crippen LogP contribution in [-0.4, -0.2) is 19.6 Å². The van der Waals surface area contributed by atoms with Crippen LogP contribution in [0.5, 0.6) is 0 Å². The number of pyridine rings is 1. The van der Waals surface area contributed by atoms with Gasteiger partial charge in [0.2, 0.25) is 0 Å². The highest BCUT2D eigenvalue weighted by Crippen LogP contribution is 2.41. The summed E-state index contributed by atoms with van der Waals surface area (Å²) in [5.41, 5.74) is 4.43. The van der Waals surface area contributed by atoms with Gasteiger partial charge in [-0.2, -0.15) is 0 Å². The van der Waals surface area contributed by atoms with Crippen LogP contribution >= 0.6 is 12.2 Å². The molecule has 0 bridgehead atoms. The zero-order chi connectivity index (χ0) is 20.5. The van der Waals surface area contributed by atoms with Gasteiger partial charge in [-0.05, 0) is 67.7 Å². The largest absolute Gasteiger partial charge is 0.467 e. The molecule has 0 saturated carbocycles. The minimum atomic E-state index is -0.0644. The minimum Gasteiger partial charge on any atom is -0.467 e. The molecule has 150 valence electrons. The molecule has 0 spiro atoms. The van der Waals surface area contributed by atoms with E-state index in [2.05, 4.69) is 63.1 Å². The van der Waals surface area contributed by atoms with E-state index in [1.165, 1.54) is 5.69 Å². The lowest BCUT2D eigenvalue weighted by molar-refractivity contribution is 0.280. The Morgan fingerprint density at radius 1 is 1.00 bits per heavy atom. The number of para-hydroxylation sites is 1. The SMILES string of the molecule is Cc1ccc([C@@H]2[C@H](c3ccccn3)NC(=S)N2Cc2ccco2)n1-c1ccccc1. The van der Waals surface area contributed by atoms with Gasteiger partial charge in [0.05, 0.1) is 30.6 Å². The monoisotopic (exact) mass is 414 g/mol. The Kier molecular flexibility index (Phi) is 4.85. The third-order valence-corrected chi connectivity index (χ3v) is 5.88. The summed E-state index contributed by atoms with van der Waals surface area (Å²) in [7, 11) is 0. The van der Waals surface area contributed by atoms with Crippen LogP contribution in [0.3, 0.4) is 0 Å². The number of thiocarbonyl (C=S) groups is 1. The summed E-state index contributed by atoms with van der Waals surface area (Å²) in [4.78, 5) is 6.83. The third kappa shape index (κ3) is 3.29. The van der Waals surface area contributed by atoms with E-state index in [9.17, 15) is 0 Å². The Bertz CT molecular complexity index is 1140. The molecule has 4 aromatic rings. The van der Waals surface area contributed by atoms with Crippen LogP contribution < -0.4 is 5.32 Å². The highest BCUT2D eigenvalue weighted by molar-refractivity contribution is 7.80. The molecule has 0 radical (unpaired) electrons. The van der Waals surface area contributed by atoms with Crippen molar-refractivity contribution in [1.29, 1.82) is 0 Å². The van der Waals surface area contributed by atoms with E-state index < -0.39 is 0 Å². The first kappa shape index (κ1) is 18.6. The van der Waals surface area contributed by atoms with E-state index in [4.69, 9.17) is 16.6 Å². The Morgan fingerprint density at radius 3 is 2.57 bits per heavy atom. The first-order valence-electron chi connectivity index (χ1n) is 9.96. The van der Waals surface area contributed by atoms with Crippen molar-refractivity contribution in [3.63, 3.8) is 0 Å². The average Bonchev–Trinajstić information content (AvgIpc) is 3.50. The lowest BCUT2D eigenvalue weighted by Gasteiger charge is -2.28. The maximum Gasteiger partial charge on any atom is 0.170 e. The van der Waals surface area contributed by atoms with Crippen LogP contribution in [0.2, 0.25) is 0 Å². The highest BCUT2D eigenvalue weighted by atomic mass is 32.1. The standard InChI is InChI=1S/C24H22N4OS/c1-17-12-13-21(28(17)18-8-3-2-4-9-18)23-22(20-11-5-6-14-25-20)26-24(30)27(23)16-19-10-7-15-29-19/h2-15,22-23H,16H2,1H3,(H,26,30)/t22-,23+/m0/s1. The lowest BCUT2D eigenvalue weighted by Crippen LogP contribution is -2.30. The maximum atomic E-state index is 5.77.